The van der Waals surface area contributed by atoms with Gasteiger partial charge in [0.25, 0.3) is 5.91 Å². The van der Waals surface area contributed by atoms with Gasteiger partial charge >= 0.3 is 5.97 Å². The van der Waals surface area contributed by atoms with Crippen LogP contribution >= 0.6 is 23.4 Å². The predicted octanol–water partition coefficient (Wildman–Crippen LogP) is 6.93. The molecule has 3 rings (SSSR count). The summed E-state index contributed by atoms with van der Waals surface area (Å²) in [6.45, 7) is 6.38. The summed E-state index contributed by atoms with van der Waals surface area (Å²) >= 11 is 7.62. The van der Waals surface area contributed by atoms with E-state index in [9.17, 15) is 9.59 Å². The molecule has 0 unspecified atom stereocenters. The molecule has 0 aromatic heterocycles. The number of carboxylic acid groups (broad SMARTS) is 1. The number of thioether (sulfide) groups is 1. The van der Waals surface area contributed by atoms with Crippen LogP contribution in [0.5, 0.6) is 0 Å². The maximum absolute atomic E-state index is 12.7. The minimum atomic E-state index is -0.914. The van der Waals surface area contributed by atoms with Crippen LogP contribution in [-0.4, -0.2) is 22.7 Å². The molecular weight excluding hydrogens is 480 g/mol. The van der Waals surface area contributed by atoms with Gasteiger partial charge in [0.2, 0.25) is 0 Å². The maximum atomic E-state index is 12.7. The van der Waals surface area contributed by atoms with Gasteiger partial charge in [-0.2, -0.15) is 5.10 Å². The zero-order chi connectivity index (χ0) is 25.4. The van der Waals surface area contributed by atoms with Crippen molar-refractivity contribution in [3.63, 3.8) is 0 Å². The number of carbonyl (C=O) groups is 2. The van der Waals surface area contributed by atoms with Crippen molar-refractivity contribution in [2.75, 3.05) is 0 Å². The third-order valence-electron chi connectivity index (χ3n) is 5.39. The minimum absolute atomic E-state index is 0.00457. The number of hydrazone groups is 1. The molecule has 0 heterocycles. The van der Waals surface area contributed by atoms with Gasteiger partial charge in [-0.25, -0.2) is 5.43 Å². The smallest absolute Gasteiger partial charge is 0.303 e. The van der Waals surface area contributed by atoms with Gasteiger partial charge in [0.05, 0.1) is 12.1 Å². The van der Waals surface area contributed by atoms with Crippen LogP contribution in [0.2, 0.25) is 5.02 Å². The number of amides is 1. The first kappa shape index (κ1) is 26.5. The SMILES string of the molecule is CC(C)(C)c1ccc(/C(CCC(=O)O)=N\NC(=O)c2ccc(CSc3ccc(Cl)cc3)cc2)cc1. The van der Waals surface area contributed by atoms with Crippen LogP contribution in [-0.2, 0) is 16.0 Å². The highest BCUT2D eigenvalue weighted by Gasteiger charge is 2.15. The van der Waals surface area contributed by atoms with E-state index in [1.54, 1.807) is 23.9 Å². The van der Waals surface area contributed by atoms with Crippen molar-refractivity contribution in [2.45, 2.75) is 49.7 Å². The maximum Gasteiger partial charge on any atom is 0.303 e. The standard InChI is InChI=1S/C28H29ClN2O3S/c1-28(2,3)22-10-8-20(9-11-22)25(16-17-26(32)33)30-31-27(34)21-6-4-19(5-7-21)18-35-24-14-12-23(29)13-15-24/h4-15H,16-18H2,1-3H3,(H,31,34)(H,32,33)/b30-25-. The fraction of sp³-hybridized carbons (Fsp3) is 0.250. The Morgan fingerprint density at radius 2 is 1.49 bits per heavy atom. The molecule has 0 aliphatic carbocycles. The zero-order valence-corrected chi connectivity index (χ0v) is 21.6. The van der Waals surface area contributed by atoms with Crippen LogP contribution < -0.4 is 5.43 Å². The molecule has 0 bridgehead atoms. The second-order valence-electron chi connectivity index (χ2n) is 9.16. The van der Waals surface area contributed by atoms with E-state index in [0.717, 1.165) is 27.3 Å². The van der Waals surface area contributed by atoms with Crippen molar-refractivity contribution in [3.8, 4) is 0 Å². The van der Waals surface area contributed by atoms with Gasteiger partial charge in [0.15, 0.2) is 0 Å². The Balaban J connectivity index is 1.66. The van der Waals surface area contributed by atoms with Gasteiger partial charge in [-0.3, -0.25) is 9.59 Å². The summed E-state index contributed by atoms with van der Waals surface area (Å²) in [4.78, 5) is 24.9. The summed E-state index contributed by atoms with van der Waals surface area (Å²) in [6.07, 6.45) is 0.140. The first-order valence-corrected chi connectivity index (χ1v) is 12.6. The summed E-state index contributed by atoms with van der Waals surface area (Å²) in [5.74, 6) is -0.491. The molecule has 2 N–H and O–H groups in total. The molecular formula is C28H29ClN2O3S. The first-order valence-electron chi connectivity index (χ1n) is 11.3. The highest BCUT2D eigenvalue weighted by molar-refractivity contribution is 7.98. The Kier molecular flexibility index (Phi) is 9.13. The van der Waals surface area contributed by atoms with Gasteiger partial charge in [-0.15, -0.1) is 11.8 Å². The number of carboxylic acids is 1. The normalized spacial score (nSPS) is 11.8. The molecule has 0 fully saturated rings. The Morgan fingerprint density at radius 3 is 2.06 bits per heavy atom. The molecule has 182 valence electrons. The van der Waals surface area contributed by atoms with Crippen LogP contribution in [0, 0.1) is 0 Å². The lowest BCUT2D eigenvalue weighted by atomic mass is 9.86. The summed E-state index contributed by atoms with van der Waals surface area (Å²) in [6, 6.07) is 22.9. The molecule has 3 aromatic rings. The minimum Gasteiger partial charge on any atom is -0.481 e. The largest absolute Gasteiger partial charge is 0.481 e. The lowest BCUT2D eigenvalue weighted by Crippen LogP contribution is -2.20. The summed E-state index contributed by atoms with van der Waals surface area (Å²) in [5, 5.41) is 14.1. The summed E-state index contributed by atoms with van der Waals surface area (Å²) in [5.41, 5.74) is 6.64. The van der Waals surface area contributed by atoms with E-state index < -0.39 is 5.97 Å². The van der Waals surface area contributed by atoms with E-state index in [4.69, 9.17) is 16.7 Å². The molecule has 0 atom stereocenters. The molecule has 35 heavy (non-hydrogen) atoms. The number of benzene rings is 3. The summed E-state index contributed by atoms with van der Waals surface area (Å²) in [7, 11) is 0. The number of nitrogens with zero attached hydrogens (tertiary/aromatic N) is 1. The van der Waals surface area contributed by atoms with E-state index in [1.165, 1.54) is 0 Å². The third-order valence-corrected chi connectivity index (χ3v) is 6.72. The molecule has 0 radical (unpaired) electrons. The topological polar surface area (TPSA) is 78.8 Å². The Bertz CT molecular complexity index is 1180. The second kappa shape index (κ2) is 12.0. The van der Waals surface area contributed by atoms with Crippen molar-refractivity contribution < 1.29 is 14.7 Å². The van der Waals surface area contributed by atoms with Crippen molar-refractivity contribution in [3.05, 3.63) is 100 Å². The molecule has 0 aliphatic heterocycles. The number of nitrogens with one attached hydrogen (secondary N) is 1. The van der Waals surface area contributed by atoms with Crippen molar-refractivity contribution >= 4 is 41.0 Å². The van der Waals surface area contributed by atoms with Crippen LogP contribution in [0.1, 0.15) is 60.7 Å². The van der Waals surface area contributed by atoms with Crippen molar-refractivity contribution in [2.24, 2.45) is 5.10 Å². The molecule has 0 aliphatic rings. The van der Waals surface area contributed by atoms with Crippen molar-refractivity contribution in [1.82, 2.24) is 5.43 Å². The third kappa shape index (κ3) is 8.26. The predicted molar refractivity (Wildman–Crippen MR) is 143 cm³/mol. The second-order valence-corrected chi connectivity index (χ2v) is 10.6. The lowest BCUT2D eigenvalue weighted by Gasteiger charge is -2.19. The molecule has 1 amide bonds. The molecule has 3 aromatic carbocycles. The van der Waals surface area contributed by atoms with Crippen molar-refractivity contribution in [1.29, 1.82) is 0 Å². The number of aliphatic carboxylic acids is 1. The van der Waals surface area contributed by atoms with Crippen LogP contribution in [0.15, 0.2) is 82.8 Å². The number of hydrogen-bond donors (Lipinski definition) is 2. The molecule has 0 saturated heterocycles. The Morgan fingerprint density at radius 1 is 0.886 bits per heavy atom. The fourth-order valence-corrected chi connectivity index (χ4v) is 4.27. The van der Waals surface area contributed by atoms with E-state index >= 15 is 0 Å². The fourth-order valence-electron chi connectivity index (χ4n) is 3.29. The zero-order valence-electron chi connectivity index (χ0n) is 20.0. The van der Waals surface area contributed by atoms with Crippen LogP contribution in [0.3, 0.4) is 0 Å². The number of hydrogen-bond acceptors (Lipinski definition) is 4. The van der Waals surface area contributed by atoms with Gasteiger partial charge in [-0.1, -0.05) is 68.8 Å². The quantitative estimate of drug-likeness (QED) is 0.186. The highest BCUT2D eigenvalue weighted by Crippen LogP contribution is 2.25. The van der Waals surface area contributed by atoms with E-state index in [-0.39, 0.29) is 24.2 Å². The number of rotatable bonds is 9. The average molecular weight is 509 g/mol. The van der Waals surface area contributed by atoms with E-state index in [2.05, 4.69) is 31.3 Å². The lowest BCUT2D eigenvalue weighted by molar-refractivity contribution is -0.136. The Hall–Kier alpha value is -3.09. The van der Waals surface area contributed by atoms with Gasteiger partial charge in [-0.05, 0) is 58.5 Å². The van der Waals surface area contributed by atoms with Crippen LogP contribution in [0.4, 0.5) is 0 Å². The number of halogens is 1. The summed E-state index contributed by atoms with van der Waals surface area (Å²) < 4.78 is 0. The highest BCUT2D eigenvalue weighted by atomic mass is 35.5. The molecule has 0 spiro atoms. The monoisotopic (exact) mass is 508 g/mol. The van der Waals surface area contributed by atoms with Gasteiger partial charge in [0, 0.05) is 27.7 Å². The molecule has 7 heteroatoms. The van der Waals surface area contributed by atoms with E-state index in [0.29, 0.717) is 16.3 Å². The Labute approximate surface area is 215 Å². The van der Waals surface area contributed by atoms with Gasteiger partial charge < -0.3 is 5.11 Å². The van der Waals surface area contributed by atoms with Crippen LogP contribution in [0.25, 0.3) is 0 Å². The average Bonchev–Trinajstić information content (AvgIpc) is 2.83. The molecule has 0 saturated carbocycles. The van der Waals surface area contributed by atoms with Gasteiger partial charge in [0.1, 0.15) is 0 Å². The van der Waals surface area contributed by atoms with E-state index in [1.807, 2.05) is 60.7 Å². The number of carbonyl (C=O) groups excluding carboxylic acids is 1. The first-order chi connectivity index (χ1) is 16.6. The molecule has 5 nitrogen and oxygen atoms in total.